The number of ether oxygens (including phenoxy) is 1. The van der Waals surface area contributed by atoms with Gasteiger partial charge in [-0.25, -0.2) is 4.79 Å². The van der Waals surface area contributed by atoms with E-state index in [4.69, 9.17) is 4.74 Å². The van der Waals surface area contributed by atoms with Gasteiger partial charge in [-0.05, 0) is 78.6 Å². The molecule has 0 radical (unpaired) electrons. The normalized spacial score (nSPS) is 12.4. The molecule has 0 saturated heterocycles. The molecule has 6 nitrogen and oxygen atoms in total. The van der Waals surface area contributed by atoms with Crippen molar-refractivity contribution in [3.63, 3.8) is 0 Å². The number of hydrogen-bond acceptors (Lipinski definition) is 3. The van der Waals surface area contributed by atoms with E-state index < -0.39 is 0 Å². The molecule has 0 atom stereocenters. The quantitative estimate of drug-likeness (QED) is 0.374. The van der Waals surface area contributed by atoms with Gasteiger partial charge in [-0.15, -0.1) is 0 Å². The van der Waals surface area contributed by atoms with Crippen LogP contribution >= 0.6 is 0 Å². The van der Waals surface area contributed by atoms with Crippen molar-refractivity contribution in [2.45, 2.75) is 52.4 Å². The summed E-state index contributed by atoms with van der Waals surface area (Å²) in [6.07, 6.45) is 3.40. The maximum atomic E-state index is 13.2. The van der Waals surface area contributed by atoms with E-state index in [2.05, 4.69) is 42.7 Å². The number of nitrogens with one attached hydrogen (secondary N) is 2. The number of para-hydroxylation sites is 1. The van der Waals surface area contributed by atoms with Crippen LogP contribution in [0, 0.1) is 6.92 Å². The molecule has 4 rings (SSSR count). The lowest BCUT2D eigenvalue weighted by molar-refractivity contribution is -0.117. The summed E-state index contributed by atoms with van der Waals surface area (Å²) in [5.41, 5.74) is 6.74. The molecule has 3 amide bonds. The van der Waals surface area contributed by atoms with E-state index in [1.165, 1.54) is 11.1 Å². The highest BCUT2D eigenvalue weighted by Crippen LogP contribution is 2.34. The zero-order valence-electron chi connectivity index (χ0n) is 21.6. The van der Waals surface area contributed by atoms with Gasteiger partial charge in [0, 0.05) is 17.9 Å². The Hall–Kier alpha value is -3.80. The summed E-state index contributed by atoms with van der Waals surface area (Å²) < 4.78 is 5.51. The van der Waals surface area contributed by atoms with Gasteiger partial charge in [-0.1, -0.05) is 50.2 Å². The first-order chi connectivity index (χ1) is 17.4. The molecule has 0 aromatic heterocycles. The monoisotopic (exact) mass is 485 g/mol. The molecule has 1 aliphatic heterocycles. The molecule has 1 heterocycles. The third-order valence-electron chi connectivity index (χ3n) is 7.02. The lowest BCUT2D eigenvalue weighted by Gasteiger charge is -2.19. The number of nitrogens with zero attached hydrogens (tertiary/aromatic N) is 1. The minimum absolute atomic E-state index is 0.0593. The second kappa shape index (κ2) is 11.3. The number of benzene rings is 3. The van der Waals surface area contributed by atoms with E-state index in [1.54, 1.807) is 13.2 Å². The molecule has 3 aromatic carbocycles. The summed E-state index contributed by atoms with van der Waals surface area (Å²) in [5, 5.41) is 5.69. The largest absolute Gasteiger partial charge is 0.495 e. The zero-order chi connectivity index (χ0) is 25.7. The highest BCUT2D eigenvalue weighted by Gasteiger charge is 2.26. The third kappa shape index (κ3) is 5.54. The summed E-state index contributed by atoms with van der Waals surface area (Å²) in [6, 6.07) is 19.2. The molecular weight excluding hydrogens is 450 g/mol. The lowest BCUT2D eigenvalue weighted by Crippen LogP contribution is -2.30. The third-order valence-corrected chi connectivity index (χ3v) is 7.02. The average molecular weight is 486 g/mol. The predicted molar refractivity (Wildman–Crippen MR) is 146 cm³/mol. The fourth-order valence-electron chi connectivity index (χ4n) is 4.90. The van der Waals surface area contributed by atoms with Gasteiger partial charge in [0.15, 0.2) is 0 Å². The number of methoxy groups -OCH3 is 1. The highest BCUT2D eigenvalue weighted by atomic mass is 16.5. The van der Waals surface area contributed by atoms with Gasteiger partial charge in [0.2, 0.25) is 5.91 Å². The predicted octanol–water partition coefficient (Wildman–Crippen LogP) is 6.68. The van der Waals surface area contributed by atoms with Gasteiger partial charge >= 0.3 is 6.03 Å². The zero-order valence-corrected chi connectivity index (χ0v) is 21.6. The Morgan fingerprint density at radius 2 is 1.72 bits per heavy atom. The van der Waals surface area contributed by atoms with Gasteiger partial charge in [0.25, 0.3) is 0 Å². The summed E-state index contributed by atoms with van der Waals surface area (Å²) in [6.45, 7) is 7.09. The van der Waals surface area contributed by atoms with Crippen molar-refractivity contribution in [2.75, 3.05) is 29.2 Å². The van der Waals surface area contributed by atoms with Crippen molar-refractivity contribution < 1.29 is 14.3 Å². The van der Waals surface area contributed by atoms with Crippen molar-refractivity contribution in [3.8, 4) is 5.75 Å². The molecule has 1 aliphatic rings. The second-order valence-corrected chi connectivity index (χ2v) is 9.30. The Balaban J connectivity index is 1.43. The fourth-order valence-corrected chi connectivity index (χ4v) is 4.90. The number of carbonyl (C=O) groups excluding carboxylic acids is 2. The SMILES string of the molecule is CCC(CC)c1ccc2c(c1)CCN2C(=O)Cc1ccc(NC(=O)Nc2ccccc2C)c(OC)c1. The molecule has 0 saturated carbocycles. The first-order valence-electron chi connectivity index (χ1n) is 12.7. The van der Waals surface area contributed by atoms with E-state index >= 15 is 0 Å². The Morgan fingerprint density at radius 1 is 0.972 bits per heavy atom. The molecule has 3 aromatic rings. The van der Waals surface area contributed by atoms with Gasteiger partial charge in [0.05, 0.1) is 19.2 Å². The topological polar surface area (TPSA) is 70.7 Å². The minimum Gasteiger partial charge on any atom is -0.495 e. The number of anilines is 3. The lowest BCUT2D eigenvalue weighted by atomic mass is 9.92. The van der Waals surface area contributed by atoms with Crippen LogP contribution in [0.4, 0.5) is 21.9 Å². The highest BCUT2D eigenvalue weighted by molar-refractivity contribution is 6.01. The number of carbonyl (C=O) groups is 2. The van der Waals surface area contributed by atoms with Crippen LogP contribution < -0.4 is 20.3 Å². The molecule has 0 bridgehead atoms. The van der Waals surface area contributed by atoms with Crippen molar-refractivity contribution in [3.05, 3.63) is 82.9 Å². The maximum absolute atomic E-state index is 13.2. The summed E-state index contributed by atoms with van der Waals surface area (Å²) in [4.78, 5) is 27.6. The van der Waals surface area contributed by atoms with Crippen molar-refractivity contribution in [1.82, 2.24) is 0 Å². The Bertz CT molecular complexity index is 1250. The van der Waals surface area contributed by atoms with E-state index in [0.717, 1.165) is 41.8 Å². The van der Waals surface area contributed by atoms with Crippen LogP contribution in [0.15, 0.2) is 60.7 Å². The molecule has 2 N–H and O–H groups in total. The molecule has 0 aliphatic carbocycles. The summed E-state index contributed by atoms with van der Waals surface area (Å²) in [5.74, 6) is 1.14. The summed E-state index contributed by atoms with van der Waals surface area (Å²) in [7, 11) is 1.56. The average Bonchev–Trinajstić information content (AvgIpc) is 3.30. The summed E-state index contributed by atoms with van der Waals surface area (Å²) >= 11 is 0. The molecule has 0 fully saturated rings. The van der Waals surface area contributed by atoms with Crippen LogP contribution in [0.25, 0.3) is 0 Å². The van der Waals surface area contributed by atoms with Crippen LogP contribution in [0.1, 0.15) is 54.9 Å². The molecule has 0 unspecified atom stereocenters. The smallest absolute Gasteiger partial charge is 0.323 e. The number of hydrogen-bond donors (Lipinski definition) is 2. The molecule has 6 heteroatoms. The van der Waals surface area contributed by atoms with E-state index in [-0.39, 0.29) is 18.4 Å². The first-order valence-corrected chi connectivity index (χ1v) is 12.7. The number of aryl methyl sites for hydroxylation is 1. The van der Waals surface area contributed by atoms with Crippen molar-refractivity contribution >= 4 is 29.0 Å². The number of urea groups is 1. The number of fused-ring (bicyclic) bond motifs is 1. The maximum Gasteiger partial charge on any atom is 0.323 e. The Kier molecular flexibility index (Phi) is 7.93. The van der Waals surface area contributed by atoms with Gasteiger partial charge in [-0.2, -0.15) is 0 Å². The van der Waals surface area contributed by atoms with Gasteiger partial charge in [0.1, 0.15) is 5.75 Å². The van der Waals surface area contributed by atoms with E-state index in [1.807, 2.05) is 48.2 Å². The number of amides is 3. The minimum atomic E-state index is -0.354. The fraction of sp³-hybridized carbons (Fsp3) is 0.333. The first kappa shape index (κ1) is 25.3. The van der Waals surface area contributed by atoms with E-state index in [0.29, 0.717) is 23.9 Å². The van der Waals surface area contributed by atoms with Crippen molar-refractivity contribution in [2.24, 2.45) is 0 Å². The van der Waals surface area contributed by atoms with E-state index in [9.17, 15) is 9.59 Å². The van der Waals surface area contributed by atoms with Gasteiger partial charge < -0.3 is 20.3 Å². The molecule has 36 heavy (non-hydrogen) atoms. The number of rotatable bonds is 8. The van der Waals surface area contributed by atoms with Crippen molar-refractivity contribution in [1.29, 1.82) is 0 Å². The molecule has 188 valence electrons. The second-order valence-electron chi connectivity index (χ2n) is 9.30. The molecule has 0 spiro atoms. The van der Waals surface area contributed by atoms with Crippen LogP contribution in [-0.2, 0) is 17.6 Å². The van der Waals surface area contributed by atoms with Crippen LogP contribution in [0.2, 0.25) is 0 Å². The van der Waals surface area contributed by atoms with Gasteiger partial charge in [-0.3, -0.25) is 4.79 Å². The van der Waals surface area contributed by atoms with Crippen LogP contribution in [0.3, 0.4) is 0 Å². The molecular formula is C30H35N3O3. The Labute approximate surface area is 213 Å². The Morgan fingerprint density at radius 3 is 2.44 bits per heavy atom. The standard InChI is InChI=1S/C30H35N3O3/c1-5-22(6-2)23-12-14-27-24(19-23)15-16-33(27)29(34)18-21-11-13-26(28(17-21)36-4)32-30(35)31-25-10-8-7-9-20(25)3/h7-14,17,19,22H,5-6,15-16,18H2,1-4H3,(H2,31,32,35). The van der Waals surface area contributed by atoms with Crippen LogP contribution in [-0.4, -0.2) is 25.6 Å². The van der Waals surface area contributed by atoms with Crippen LogP contribution in [0.5, 0.6) is 5.75 Å².